The van der Waals surface area contributed by atoms with Crippen LogP contribution in [0.5, 0.6) is 5.88 Å². The molecule has 0 aliphatic carbocycles. The molecule has 1 atom stereocenters. The predicted octanol–water partition coefficient (Wildman–Crippen LogP) is 3.10. The van der Waals surface area contributed by atoms with E-state index in [1.165, 1.54) is 0 Å². The summed E-state index contributed by atoms with van der Waals surface area (Å²) in [7, 11) is 3.30. The normalized spacial score (nSPS) is 11.4. The SMILES string of the molecule is CCC(CO)CCNc1nc(NC)nc(Cl)c1C#Cc1ccc(OC)nc1C. The number of anilines is 2. The lowest BCUT2D eigenvalue weighted by atomic mass is 10.0. The monoisotopic (exact) mass is 403 g/mol. The molecule has 0 aliphatic heterocycles. The molecule has 28 heavy (non-hydrogen) atoms. The van der Waals surface area contributed by atoms with Crippen molar-refractivity contribution in [2.24, 2.45) is 5.92 Å². The standard InChI is InChI=1S/C20H26ClN5O2/c1-5-14(12-27)10-11-23-19-16(18(21)25-20(22-3)26-19)8-6-15-7-9-17(28-4)24-13(15)2/h7,9,14,27H,5,10-12H2,1-4H3,(H2,22,23,25,26). The molecule has 0 amide bonds. The Labute approximate surface area is 170 Å². The van der Waals surface area contributed by atoms with Crippen LogP contribution in [0.25, 0.3) is 0 Å². The van der Waals surface area contributed by atoms with Gasteiger partial charge in [-0.15, -0.1) is 0 Å². The summed E-state index contributed by atoms with van der Waals surface area (Å²) < 4.78 is 5.12. The Balaban J connectivity index is 2.30. The molecule has 2 aromatic heterocycles. The van der Waals surface area contributed by atoms with Gasteiger partial charge in [0, 0.05) is 31.8 Å². The molecule has 0 saturated carbocycles. The Morgan fingerprint density at radius 3 is 2.64 bits per heavy atom. The molecule has 0 aliphatic rings. The smallest absolute Gasteiger partial charge is 0.225 e. The van der Waals surface area contributed by atoms with Crippen molar-refractivity contribution in [3.05, 3.63) is 34.1 Å². The first-order valence-electron chi connectivity index (χ1n) is 9.16. The highest BCUT2D eigenvalue weighted by Crippen LogP contribution is 2.23. The van der Waals surface area contributed by atoms with Crippen molar-refractivity contribution in [1.82, 2.24) is 15.0 Å². The molecule has 0 fully saturated rings. The van der Waals surface area contributed by atoms with E-state index in [1.807, 2.05) is 13.0 Å². The number of aromatic nitrogens is 3. The van der Waals surface area contributed by atoms with Gasteiger partial charge in [-0.2, -0.15) is 9.97 Å². The zero-order valence-corrected chi connectivity index (χ0v) is 17.4. The Kier molecular flexibility index (Phi) is 8.30. The van der Waals surface area contributed by atoms with Crippen LogP contribution in [-0.4, -0.2) is 47.4 Å². The molecule has 8 heteroatoms. The third kappa shape index (κ3) is 5.72. The molecule has 2 rings (SSSR count). The Morgan fingerprint density at radius 2 is 2.04 bits per heavy atom. The van der Waals surface area contributed by atoms with E-state index in [9.17, 15) is 5.11 Å². The fourth-order valence-electron chi connectivity index (χ4n) is 2.52. The van der Waals surface area contributed by atoms with Gasteiger partial charge in [0.15, 0.2) is 5.15 Å². The van der Waals surface area contributed by atoms with Crippen molar-refractivity contribution >= 4 is 23.4 Å². The number of hydrogen-bond acceptors (Lipinski definition) is 7. The number of aliphatic hydroxyl groups excluding tert-OH is 1. The number of aliphatic hydroxyl groups is 1. The zero-order chi connectivity index (χ0) is 20.5. The largest absolute Gasteiger partial charge is 0.481 e. The first-order valence-corrected chi connectivity index (χ1v) is 9.53. The molecule has 0 radical (unpaired) electrons. The summed E-state index contributed by atoms with van der Waals surface area (Å²) in [5.41, 5.74) is 2.05. The fraction of sp³-hybridized carbons (Fsp3) is 0.450. The third-order valence-electron chi connectivity index (χ3n) is 4.36. The zero-order valence-electron chi connectivity index (χ0n) is 16.6. The van der Waals surface area contributed by atoms with Gasteiger partial charge >= 0.3 is 0 Å². The molecule has 1 unspecified atom stereocenters. The summed E-state index contributed by atoms with van der Waals surface area (Å²) in [5.74, 6) is 7.91. The van der Waals surface area contributed by atoms with E-state index in [4.69, 9.17) is 16.3 Å². The van der Waals surface area contributed by atoms with Gasteiger partial charge < -0.3 is 20.5 Å². The molecular weight excluding hydrogens is 378 g/mol. The summed E-state index contributed by atoms with van der Waals surface area (Å²) in [4.78, 5) is 13.0. The van der Waals surface area contributed by atoms with Gasteiger partial charge in [0.25, 0.3) is 0 Å². The predicted molar refractivity (Wildman–Crippen MR) is 112 cm³/mol. The highest BCUT2D eigenvalue weighted by atomic mass is 35.5. The molecule has 150 valence electrons. The number of rotatable bonds is 8. The van der Waals surface area contributed by atoms with Gasteiger partial charge in [0.05, 0.1) is 12.8 Å². The number of pyridine rings is 1. The molecule has 0 aromatic carbocycles. The maximum atomic E-state index is 9.36. The number of aryl methyl sites for hydroxylation is 1. The maximum absolute atomic E-state index is 9.36. The highest BCUT2D eigenvalue weighted by molar-refractivity contribution is 6.31. The van der Waals surface area contributed by atoms with Crippen LogP contribution in [0.15, 0.2) is 12.1 Å². The minimum Gasteiger partial charge on any atom is -0.481 e. The lowest BCUT2D eigenvalue weighted by Crippen LogP contribution is -2.14. The van der Waals surface area contributed by atoms with Gasteiger partial charge in [-0.1, -0.05) is 36.8 Å². The van der Waals surface area contributed by atoms with E-state index in [2.05, 4.69) is 44.4 Å². The second-order valence-electron chi connectivity index (χ2n) is 6.22. The molecule has 0 bridgehead atoms. The Bertz CT molecular complexity index is 860. The number of nitrogens with zero attached hydrogens (tertiary/aromatic N) is 3. The average molecular weight is 404 g/mol. The van der Waals surface area contributed by atoms with Gasteiger partial charge in [0.2, 0.25) is 11.8 Å². The van der Waals surface area contributed by atoms with E-state index in [0.29, 0.717) is 29.8 Å². The molecular formula is C20H26ClN5O2. The Hall–Kier alpha value is -2.56. The van der Waals surface area contributed by atoms with Gasteiger partial charge in [-0.05, 0) is 25.3 Å². The number of hydrogen-bond donors (Lipinski definition) is 3. The van der Waals surface area contributed by atoms with Crippen molar-refractivity contribution in [1.29, 1.82) is 0 Å². The van der Waals surface area contributed by atoms with E-state index in [-0.39, 0.29) is 17.7 Å². The van der Waals surface area contributed by atoms with Crippen LogP contribution in [0.3, 0.4) is 0 Å². The number of ether oxygens (including phenoxy) is 1. The van der Waals surface area contributed by atoms with Crippen molar-refractivity contribution < 1.29 is 9.84 Å². The molecule has 7 nitrogen and oxygen atoms in total. The molecule has 2 heterocycles. The minimum absolute atomic E-state index is 0.168. The topological polar surface area (TPSA) is 92.2 Å². The van der Waals surface area contributed by atoms with E-state index >= 15 is 0 Å². The number of halogens is 1. The molecule has 0 spiro atoms. The first-order chi connectivity index (χ1) is 13.5. The highest BCUT2D eigenvalue weighted by Gasteiger charge is 2.12. The van der Waals surface area contributed by atoms with Gasteiger partial charge in [-0.25, -0.2) is 4.98 Å². The number of nitrogens with one attached hydrogen (secondary N) is 2. The van der Waals surface area contributed by atoms with Crippen molar-refractivity contribution in [2.75, 3.05) is 37.9 Å². The van der Waals surface area contributed by atoms with Crippen molar-refractivity contribution in [3.63, 3.8) is 0 Å². The molecule has 3 N–H and O–H groups in total. The van der Waals surface area contributed by atoms with Crippen LogP contribution in [0, 0.1) is 24.7 Å². The minimum atomic E-state index is 0.168. The van der Waals surface area contributed by atoms with Gasteiger partial charge in [-0.3, -0.25) is 0 Å². The van der Waals surface area contributed by atoms with Crippen LogP contribution in [0.1, 0.15) is 36.6 Å². The lowest BCUT2D eigenvalue weighted by Gasteiger charge is -2.14. The quantitative estimate of drug-likeness (QED) is 0.460. The average Bonchev–Trinajstić information content (AvgIpc) is 2.71. The summed E-state index contributed by atoms with van der Waals surface area (Å²) in [5, 5.41) is 15.8. The van der Waals surface area contributed by atoms with Crippen LogP contribution in [-0.2, 0) is 0 Å². The summed E-state index contributed by atoms with van der Waals surface area (Å²) in [6.45, 7) is 4.74. The lowest BCUT2D eigenvalue weighted by molar-refractivity contribution is 0.217. The van der Waals surface area contributed by atoms with Crippen LogP contribution < -0.4 is 15.4 Å². The van der Waals surface area contributed by atoms with E-state index in [1.54, 1.807) is 20.2 Å². The fourth-order valence-corrected chi connectivity index (χ4v) is 2.73. The van der Waals surface area contributed by atoms with Gasteiger partial charge in [0.1, 0.15) is 11.4 Å². The first kappa shape index (κ1) is 21.7. The summed E-state index contributed by atoms with van der Waals surface area (Å²) in [6, 6.07) is 3.61. The second-order valence-corrected chi connectivity index (χ2v) is 6.58. The van der Waals surface area contributed by atoms with Crippen LogP contribution >= 0.6 is 11.6 Å². The number of methoxy groups -OCH3 is 1. The summed E-state index contributed by atoms with van der Waals surface area (Å²) in [6.07, 6.45) is 1.73. The van der Waals surface area contributed by atoms with Crippen molar-refractivity contribution in [3.8, 4) is 17.7 Å². The summed E-state index contributed by atoms with van der Waals surface area (Å²) >= 11 is 6.35. The van der Waals surface area contributed by atoms with Crippen LogP contribution in [0.4, 0.5) is 11.8 Å². The van der Waals surface area contributed by atoms with E-state index in [0.717, 1.165) is 24.1 Å². The third-order valence-corrected chi connectivity index (χ3v) is 4.63. The van der Waals surface area contributed by atoms with E-state index < -0.39 is 0 Å². The Morgan fingerprint density at radius 1 is 1.25 bits per heavy atom. The maximum Gasteiger partial charge on any atom is 0.225 e. The second kappa shape index (κ2) is 10.7. The molecule has 0 saturated heterocycles. The molecule has 2 aromatic rings. The van der Waals surface area contributed by atoms with Crippen molar-refractivity contribution in [2.45, 2.75) is 26.7 Å². The van der Waals surface area contributed by atoms with Crippen LogP contribution in [0.2, 0.25) is 5.15 Å².